The van der Waals surface area contributed by atoms with Crippen molar-refractivity contribution in [1.29, 1.82) is 0 Å². The number of anilines is 2. The van der Waals surface area contributed by atoms with Crippen LogP contribution in [0.25, 0.3) is 0 Å². The van der Waals surface area contributed by atoms with Crippen LogP contribution < -0.4 is 10.2 Å². The monoisotopic (exact) mass is 311 g/mol. The molecule has 1 aromatic carbocycles. The van der Waals surface area contributed by atoms with Gasteiger partial charge in [0.1, 0.15) is 17.8 Å². The molecule has 6 heteroatoms. The van der Waals surface area contributed by atoms with Crippen molar-refractivity contribution in [3.05, 3.63) is 48.4 Å². The fourth-order valence-electron chi connectivity index (χ4n) is 2.65. The van der Waals surface area contributed by atoms with Crippen molar-refractivity contribution in [3.8, 4) is 0 Å². The quantitative estimate of drug-likeness (QED) is 0.934. The van der Waals surface area contributed by atoms with E-state index in [0.29, 0.717) is 5.69 Å². The Bertz CT molecular complexity index is 653. The summed E-state index contributed by atoms with van der Waals surface area (Å²) in [6.07, 6.45) is 1.46. The first-order chi connectivity index (χ1) is 11.3. The third kappa shape index (κ3) is 3.84. The Hall–Kier alpha value is -2.47. The SMILES string of the molecule is CCN1CCN(c2cc(C(=O)Nc3ccccc3)ncn2)CC1. The number of amides is 1. The number of piperazine rings is 1. The van der Waals surface area contributed by atoms with E-state index in [1.54, 1.807) is 6.07 Å². The van der Waals surface area contributed by atoms with Crippen LogP contribution in [0.2, 0.25) is 0 Å². The van der Waals surface area contributed by atoms with E-state index in [1.165, 1.54) is 6.33 Å². The van der Waals surface area contributed by atoms with E-state index in [1.807, 2.05) is 30.3 Å². The average Bonchev–Trinajstić information content (AvgIpc) is 2.63. The molecule has 1 fully saturated rings. The lowest BCUT2D eigenvalue weighted by Gasteiger charge is -2.34. The summed E-state index contributed by atoms with van der Waals surface area (Å²) in [6, 6.07) is 11.1. The van der Waals surface area contributed by atoms with E-state index >= 15 is 0 Å². The van der Waals surface area contributed by atoms with Gasteiger partial charge in [0.25, 0.3) is 5.91 Å². The molecule has 2 heterocycles. The minimum absolute atomic E-state index is 0.216. The van der Waals surface area contributed by atoms with E-state index in [9.17, 15) is 4.79 Å². The zero-order chi connectivity index (χ0) is 16.1. The van der Waals surface area contributed by atoms with Crippen LogP contribution in [0.4, 0.5) is 11.5 Å². The molecule has 1 amide bonds. The van der Waals surface area contributed by atoms with Crippen molar-refractivity contribution in [1.82, 2.24) is 14.9 Å². The minimum Gasteiger partial charge on any atom is -0.354 e. The lowest BCUT2D eigenvalue weighted by Crippen LogP contribution is -2.46. The molecule has 1 saturated heterocycles. The molecule has 0 bridgehead atoms. The number of nitrogens with zero attached hydrogens (tertiary/aromatic N) is 4. The molecule has 1 aliphatic rings. The van der Waals surface area contributed by atoms with Gasteiger partial charge in [0.05, 0.1) is 0 Å². The van der Waals surface area contributed by atoms with Crippen LogP contribution >= 0.6 is 0 Å². The second-order valence-electron chi connectivity index (χ2n) is 5.50. The van der Waals surface area contributed by atoms with Crippen molar-refractivity contribution in [3.63, 3.8) is 0 Å². The molecule has 0 radical (unpaired) electrons. The molecule has 23 heavy (non-hydrogen) atoms. The van der Waals surface area contributed by atoms with Crippen LogP contribution in [-0.4, -0.2) is 53.5 Å². The molecule has 0 unspecified atom stereocenters. The molecule has 0 saturated carbocycles. The van der Waals surface area contributed by atoms with Gasteiger partial charge in [-0.15, -0.1) is 0 Å². The van der Waals surface area contributed by atoms with Crippen LogP contribution in [-0.2, 0) is 0 Å². The number of hydrogen-bond acceptors (Lipinski definition) is 5. The Morgan fingerprint density at radius 1 is 1.13 bits per heavy atom. The maximum Gasteiger partial charge on any atom is 0.274 e. The first-order valence-corrected chi connectivity index (χ1v) is 7.92. The Labute approximate surface area is 136 Å². The summed E-state index contributed by atoms with van der Waals surface area (Å²) in [6.45, 7) is 7.13. The summed E-state index contributed by atoms with van der Waals surface area (Å²) in [4.78, 5) is 25.3. The fraction of sp³-hybridized carbons (Fsp3) is 0.353. The summed E-state index contributed by atoms with van der Waals surface area (Å²) >= 11 is 0. The molecule has 120 valence electrons. The molecule has 1 N–H and O–H groups in total. The van der Waals surface area contributed by atoms with Crippen molar-refractivity contribution in [2.24, 2.45) is 0 Å². The number of rotatable bonds is 4. The van der Waals surface area contributed by atoms with Crippen molar-refractivity contribution in [2.45, 2.75) is 6.92 Å². The van der Waals surface area contributed by atoms with Gasteiger partial charge in [-0.25, -0.2) is 9.97 Å². The highest BCUT2D eigenvalue weighted by atomic mass is 16.1. The highest BCUT2D eigenvalue weighted by molar-refractivity contribution is 6.03. The normalized spacial score (nSPS) is 15.4. The lowest BCUT2D eigenvalue weighted by atomic mass is 10.2. The van der Waals surface area contributed by atoms with Crippen LogP contribution in [0.3, 0.4) is 0 Å². The van der Waals surface area contributed by atoms with Gasteiger partial charge in [-0.2, -0.15) is 0 Å². The maximum atomic E-state index is 12.3. The first kappa shape index (κ1) is 15.4. The van der Waals surface area contributed by atoms with Gasteiger partial charge in [0, 0.05) is 37.9 Å². The van der Waals surface area contributed by atoms with Gasteiger partial charge >= 0.3 is 0 Å². The number of benzene rings is 1. The summed E-state index contributed by atoms with van der Waals surface area (Å²) in [7, 11) is 0. The third-order valence-electron chi connectivity index (χ3n) is 4.06. The second kappa shape index (κ2) is 7.19. The van der Waals surface area contributed by atoms with Crippen LogP contribution in [0.5, 0.6) is 0 Å². The van der Waals surface area contributed by atoms with Gasteiger partial charge in [0.15, 0.2) is 0 Å². The van der Waals surface area contributed by atoms with Crippen molar-refractivity contribution in [2.75, 3.05) is 42.9 Å². The summed E-state index contributed by atoms with van der Waals surface area (Å²) in [5.74, 6) is 0.598. The second-order valence-corrected chi connectivity index (χ2v) is 5.50. The smallest absolute Gasteiger partial charge is 0.274 e. The molecule has 6 nitrogen and oxygen atoms in total. The Balaban J connectivity index is 1.69. The standard InChI is InChI=1S/C17H21N5O/c1-2-21-8-10-22(11-9-21)16-12-15(18-13-19-16)17(23)20-14-6-4-3-5-7-14/h3-7,12-13H,2,8-11H2,1H3,(H,20,23). The minimum atomic E-state index is -0.216. The largest absolute Gasteiger partial charge is 0.354 e. The van der Waals surface area contributed by atoms with Gasteiger partial charge in [-0.1, -0.05) is 25.1 Å². The number of carbonyl (C=O) groups excluding carboxylic acids is 1. The predicted molar refractivity (Wildman–Crippen MR) is 90.8 cm³/mol. The topological polar surface area (TPSA) is 61.4 Å². The first-order valence-electron chi connectivity index (χ1n) is 7.92. The molecular formula is C17H21N5O. The van der Waals surface area contributed by atoms with Crippen LogP contribution in [0.1, 0.15) is 17.4 Å². The van der Waals surface area contributed by atoms with Crippen molar-refractivity contribution >= 4 is 17.4 Å². The molecule has 0 aliphatic carbocycles. The van der Waals surface area contributed by atoms with Crippen molar-refractivity contribution < 1.29 is 4.79 Å². The highest BCUT2D eigenvalue weighted by Gasteiger charge is 2.18. The van der Waals surface area contributed by atoms with E-state index in [-0.39, 0.29) is 5.91 Å². The zero-order valence-corrected chi connectivity index (χ0v) is 13.3. The maximum absolute atomic E-state index is 12.3. The van der Waals surface area contributed by atoms with Gasteiger partial charge in [0.2, 0.25) is 0 Å². The predicted octanol–water partition coefficient (Wildman–Crippen LogP) is 1.87. The van der Waals surface area contributed by atoms with Crippen LogP contribution in [0, 0.1) is 0 Å². The number of likely N-dealkylation sites (N-methyl/N-ethyl adjacent to an activating group) is 1. The van der Waals surface area contributed by atoms with Gasteiger partial charge < -0.3 is 15.1 Å². The van der Waals surface area contributed by atoms with E-state index in [4.69, 9.17) is 0 Å². The Morgan fingerprint density at radius 2 is 1.87 bits per heavy atom. The molecule has 0 spiro atoms. The summed E-state index contributed by atoms with van der Waals surface area (Å²) in [5.41, 5.74) is 1.14. The fourth-order valence-corrected chi connectivity index (χ4v) is 2.65. The molecule has 1 aromatic heterocycles. The Morgan fingerprint density at radius 3 is 2.57 bits per heavy atom. The van der Waals surface area contributed by atoms with E-state index in [2.05, 4.69) is 32.0 Å². The Kier molecular flexibility index (Phi) is 4.83. The molecule has 1 aliphatic heterocycles. The lowest BCUT2D eigenvalue weighted by molar-refractivity contribution is 0.102. The number of para-hydroxylation sites is 1. The zero-order valence-electron chi connectivity index (χ0n) is 13.3. The van der Waals surface area contributed by atoms with E-state index in [0.717, 1.165) is 44.2 Å². The molecule has 0 atom stereocenters. The summed E-state index contributed by atoms with van der Waals surface area (Å²) in [5, 5.41) is 2.85. The highest BCUT2D eigenvalue weighted by Crippen LogP contribution is 2.15. The molecular weight excluding hydrogens is 290 g/mol. The van der Waals surface area contributed by atoms with Gasteiger partial charge in [-0.05, 0) is 18.7 Å². The van der Waals surface area contributed by atoms with E-state index < -0.39 is 0 Å². The van der Waals surface area contributed by atoms with Gasteiger partial charge in [-0.3, -0.25) is 4.79 Å². The third-order valence-corrected chi connectivity index (χ3v) is 4.06. The average molecular weight is 311 g/mol. The number of nitrogens with one attached hydrogen (secondary N) is 1. The molecule has 2 aromatic rings. The number of aromatic nitrogens is 2. The number of carbonyl (C=O) groups is 1. The number of hydrogen-bond donors (Lipinski definition) is 1. The van der Waals surface area contributed by atoms with Crippen LogP contribution in [0.15, 0.2) is 42.7 Å². The summed E-state index contributed by atoms with van der Waals surface area (Å²) < 4.78 is 0. The molecule has 3 rings (SSSR count).